The first kappa shape index (κ1) is 23.7. The van der Waals surface area contributed by atoms with Gasteiger partial charge in [0, 0.05) is 43.8 Å². The van der Waals surface area contributed by atoms with Crippen molar-refractivity contribution < 1.29 is 9.53 Å². The van der Waals surface area contributed by atoms with Crippen LogP contribution in [0.3, 0.4) is 0 Å². The van der Waals surface area contributed by atoms with Crippen molar-refractivity contribution in [3.63, 3.8) is 0 Å². The minimum atomic E-state index is -0.0105. The highest BCUT2D eigenvalue weighted by Gasteiger charge is 2.33. The van der Waals surface area contributed by atoms with Crippen molar-refractivity contribution in [2.24, 2.45) is 11.8 Å². The standard InChI is InChI=1S/C27H38N4O2/c1-3-31-13-7-10-25(31)15-29-27(32)24-14-23(20-33-26-12-11-21(2)28-16-26)18-30(19-24)17-22-8-5-4-6-9-22/h4-6,8-9,11-12,16,23-25H,3,7,10,13-15,17-20H2,1-2H3,(H,29,32)/t23-,24+,25?/m0/s1. The smallest absolute Gasteiger partial charge is 0.224 e. The molecule has 0 spiro atoms. The maximum atomic E-state index is 13.2. The van der Waals surface area contributed by atoms with Crippen molar-refractivity contribution in [1.82, 2.24) is 20.1 Å². The molecule has 1 amide bonds. The third-order valence-electron chi connectivity index (χ3n) is 7.02. The summed E-state index contributed by atoms with van der Waals surface area (Å²) in [5.74, 6) is 1.28. The van der Waals surface area contributed by atoms with E-state index in [0.29, 0.717) is 18.6 Å². The molecule has 4 rings (SSSR count). The maximum absolute atomic E-state index is 13.2. The van der Waals surface area contributed by atoms with Crippen molar-refractivity contribution >= 4 is 5.91 Å². The molecule has 1 unspecified atom stereocenters. The molecule has 3 heterocycles. The normalized spacial score (nSPS) is 24.0. The summed E-state index contributed by atoms with van der Waals surface area (Å²) in [5.41, 5.74) is 2.26. The fraction of sp³-hybridized carbons (Fsp3) is 0.556. The zero-order chi connectivity index (χ0) is 23.0. The molecule has 0 bridgehead atoms. The van der Waals surface area contributed by atoms with Crippen LogP contribution in [-0.4, -0.2) is 66.1 Å². The predicted molar refractivity (Wildman–Crippen MR) is 131 cm³/mol. The van der Waals surface area contributed by atoms with Gasteiger partial charge in [-0.15, -0.1) is 0 Å². The summed E-state index contributed by atoms with van der Waals surface area (Å²) in [7, 11) is 0. The first-order valence-corrected chi connectivity index (χ1v) is 12.4. The number of likely N-dealkylation sites (tertiary alicyclic amines) is 2. The lowest BCUT2D eigenvalue weighted by molar-refractivity contribution is -0.128. The number of piperidine rings is 1. The summed E-state index contributed by atoms with van der Waals surface area (Å²) in [6.07, 6.45) is 5.06. The molecule has 3 atom stereocenters. The molecule has 2 fully saturated rings. The van der Waals surface area contributed by atoms with Gasteiger partial charge < -0.3 is 10.1 Å². The number of nitrogens with one attached hydrogen (secondary N) is 1. The van der Waals surface area contributed by atoms with Gasteiger partial charge in [-0.25, -0.2) is 0 Å². The lowest BCUT2D eigenvalue weighted by Crippen LogP contribution is -2.49. The summed E-state index contributed by atoms with van der Waals surface area (Å²) in [5, 5.41) is 3.29. The molecular formula is C27H38N4O2. The second-order valence-corrected chi connectivity index (χ2v) is 9.59. The average Bonchev–Trinajstić information content (AvgIpc) is 3.30. The molecule has 1 aromatic carbocycles. The first-order chi connectivity index (χ1) is 16.1. The zero-order valence-corrected chi connectivity index (χ0v) is 20.1. The third kappa shape index (κ3) is 6.78. The minimum absolute atomic E-state index is 0.0105. The lowest BCUT2D eigenvalue weighted by atomic mass is 9.88. The Balaban J connectivity index is 1.37. The lowest BCUT2D eigenvalue weighted by Gasteiger charge is -2.37. The zero-order valence-electron chi connectivity index (χ0n) is 20.1. The van der Waals surface area contributed by atoms with Crippen LogP contribution in [0.2, 0.25) is 0 Å². The highest BCUT2D eigenvalue weighted by molar-refractivity contribution is 5.79. The number of benzene rings is 1. The van der Waals surface area contributed by atoms with E-state index in [2.05, 4.69) is 51.3 Å². The number of likely N-dealkylation sites (N-methyl/N-ethyl adjacent to an activating group) is 1. The number of aromatic nitrogens is 1. The molecule has 1 N–H and O–H groups in total. The Hall–Kier alpha value is -2.44. The van der Waals surface area contributed by atoms with Crippen LogP contribution >= 0.6 is 0 Å². The summed E-state index contributed by atoms with van der Waals surface area (Å²) in [6, 6.07) is 14.9. The Morgan fingerprint density at radius 2 is 2.03 bits per heavy atom. The number of ether oxygens (including phenoxy) is 1. The van der Waals surface area contributed by atoms with E-state index in [-0.39, 0.29) is 11.8 Å². The number of aryl methyl sites for hydroxylation is 1. The van der Waals surface area contributed by atoms with Crippen LogP contribution in [0.15, 0.2) is 48.7 Å². The number of amides is 1. The second kappa shape index (κ2) is 11.6. The predicted octanol–water partition coefficient (Wildman–Crippen LogP) is 3.51. The molecule has 0 radical (unpaired) electrons. The van der Waals surface area contributed by atoms with Gasteiger partial charge in [-0.05, 0) is 57.0 Å². The summed E-state index contributed by atoms with van der Waals surface area (Å²) in [6.45, 7) is 10.3. The molecule has 2 aliphatic rings. The number of carbonyl (C=O) groups is 1. The van der Waals surface area contributed by atoms with Crippen molar-refractivity contribution in [2.45, 2.75) is 45.7 Å². The van der Waals surface area contributed by atoms with E-state index in [9.17, 15) is 4.79 Å². The number of hydrogen-bond acceptors (Lipinski definition) is 5. The molecule has 178 valence electrons. The fourth-order valence-electron chi connectivity index (χ4n) is 5.24. The van der Waals surface area contributed by atoms with Gasteiger partial charge in [-0.1, -0.05) is 37.3 Å². The average molecular weight is 451 g/mol. The van der Waals surface area contributed by atoms with E-state index < -0.39 is 0 Å². The van der Waals surface area contributed by atoms with Crippen LogP contribution in [0.25, 0.3) is 0 Å². The van der Waals surface area contributed by atoms with Gasteiger partial charge in [0.25, 0.3) is 0 Å². The van der Waals surface area contributed by atoms with Gasteiger partial charge in [0.1, 0.15) is 5.75 Å². The number of nitrogens with zero attached hydrogens (tertiary/aromatic N) is 3. The van der Waals surface area contributed by atoms with Crippen LogP contribution in [0, 0.1) is 18.8 Å². The van der Waals surface area contributed by atoms with E-state index in [1.807, 2.05) is 25.1 Å². The van der Waals surface area contributed by atoms with Crippen molar-refractivity contribution in [3.05, 3.63) is 59.9 Å². The van der Waals surface area contributed by atoms with Gasteiger partial charge in [-0.3, -0.25) is 19.6 Å². The summed E-state index contributed by atoms with van der Waals surface area (Å²) >= 11 is 0. The van der Waals surface area contributed by atoms with Gasteiger partial charge in [0.05, 0.1) is 18.7 Å². The van der Waals surface area contributed by atoms with E-state index in [0.717, 1.165) is 57.1 Å². The first-order valence-electron chi connectivity index (χ1n) is 12.4. The third-order valence-corrected chi connectivity index (χ3v) is 7.02. The quantitative estimate of drug-likeness (QED) is 0.634. The van der Waals surface area contributed by atoms with Crippen molar-refractivity contribution in [1.29, 1.82) is 0 Å². The molecule has 6 nitrogen and oxygen atoms in total. The Labute approximate surface area is 198 Å². The Kier molecular flexibility index (Phi) is 8.35. The molecule has 2 saturated heterocycles. The van der Waals surface area contributed by atoms with E-state index >= 15 is 0 Å². The summed E-state index contributed by atoms with van der Waals surface area (Å²) < 4.78 is 6.07. The maximum Gasteiger partial charge on any atom is 0.224 e. The van der Waals surface area contributed by atoms with Crippen LogP contribution in [-0.2, 0) is 11.3 Å². The molecule has 6 heteroatoms. The number of rotatable bonds is 9. The second-order valence-electron chi connectivity index (χ2n) is 9.59. The molecule has 2 aliphatic heterocycles. The van der Waals surface area contributed by atoms with Crippen LogP contribution in [0.5, 0.6) is 5.75 Å². The molecule has 0 saturated carbocycles. The van der Waals surface area contributed by atoms with Crippen molar-refractivity contribution in [2.75, 3.05) is 39.3 Å². The largest absolute Gasteiger partial charge is 0.492 e. The minimum Gasteiger partial charge on any atom is -0.492 e. The number of hydrogen-bond donors (Lipinski definition) is 1. The Morgan fingerprint density at radius 1 is 1.18 bits per heavy atom. The molecule has 0 aliphatic carbocycles. The van der Waals surface area contributed by atoms with Gasteiger partial charge in [0.2, 0.25) is 5.91 Å². The van der Waals surface area contributed by atoms with Crippen molar-refractivity contribution in [3.8, 4) is 5.75 Å². The van der Waals surface area contributed by atoms with Crippen LogP contribution < -0.4 is 10.1 Å². The fourth-order valence-corrected chi connectivity index (χ4v) is 5.24. The summed E-state index contributed by atoms with van der Waals surface area (Å²) in [4.78, 5) is 22.4. The SMILES string of the molecule is CCN1CCCC1CNC(=O)[C@@H]1C[C@H](COc2ccc(C)nc2)CN(Cc2ccccc2)C1. The van der Waals surface area contributed by atoms with E-state index in [4.69, 9.17) is 4.74 Å². The Morgan fingerprint density at radius 3 is 2.79 bits per heavy atom. The van der Waals surface area contributed by atoms with Gasteiger partial charge in [0.15, 0.2) is 0 Å². The number of pyridine rings is 1. The van der Waals surface area contributed by atoms with E-state index in [1.165, 1.54) is 18.4 Å². The van der Waals surface area contributed by atoms with Gasteiger partial charge >= 0.3 is 0 Å². The monoisotopic (exact) mass is 450 g/mol. The van der Waals surface area contributed by atoms with Gasteiger partial charge in [-0.2, -0.15) is 0 Å². The van der Waals surface area contributed by atoms with E-state index in [1.54, 1.807) is 6.20 Å². The molecular weight excluding hydrogens is 412 g/mol. The number of carbonyl (C=O) groups excluding carboxylic acids is 1. The topological polar surface area (TPSA) is 57.7 Å². The molecule has 33 heavy (non-hydrogen) atoms. The van der Waals surface area contributed by atoms with Crippen LogP contribution in [0.4, 0.5) is 0 Å². The van der Waals surface area contributed by atoms with Crippen LogP contribution in [0.1, 0.15) is 37.4 Å². The molecule has 2 aromatic rings. The highest BCUT2D eigenvalue weighted by Crippen LogP contribution is 2.25. The highest BCUT2D eigenvalue weighted by atomic mass is 16.5. The molecule has 1 aromatic heterocycles. The Bertz CT molecular complexity index is 873.